The first kappa shape index (κ1) is 9.55. The van der Waals surface area contributed by atoms with E-state index in [4.69, 9.17) is 16.7 Å². The van der Waals surface area contributed by atoms with E-state index >= 15 is 0 Å². The van der Waals surface area contributed by atoms with Gasteiger partial charge in [0, 0.05) is 12.3 Å². The summed E-state index contributed by atoms with van der Waals surface area (Å²) in [7, 11) is 0. The smallest absolute Gasteiger partial charge is 0.111 e. The van der Waals surface area contributed by atoms with Crippen molar-refractivity contribution in [3.63, 3.8) is 0 Å². The van der Waals surface area contributed by atoms with E-state index in [9.17, 15) is 0 Å². The maximum atomic E-state index is 8.70. The van der Waals surface area contributed by atoms with Crippen LogP contribution in [0.2, 0.25) is 0 Å². The minimum Gasteiger partial charge on any atom is -0.381 e. The molecule has 0 radical (unpaired) electrons. The van der Waals surface area contributed by atoms with Crippen LogP contribution in [0.4, 0.5) is 0 Å². The van der Waals surface area contributed by atoms with Gasteiger partial charge in [-0.15, -0.1) is 11.6 Å². The molecule has 0 spiro atoms. The summed E-state index contributed by atoms with van der Waals surface area (Å²) in [6.45, 7) is 5.28. The maximum absolute atomic E-state index is 8.70. The second-order valence-electron chi connectivity index (χ2n) is 2.06. The molecule has 0 aromatic carbocycles. The van der Waals surface area contributed by atoms with Crippen molar-refractivity contribution < 1.29 is 5.11 Å². The van der Waals surface area contributed by atoms with Gasteiger partial charge in [0.05, 0.1) is 0 Å². The van der Waals surface area contributed by atoms with Crippen molar-refractivity contribution in [1.82, 2.24) is 0 Å². The minimum absolute atomic E-state index is 0.439. The Labute approximate surface area is 66.7 Å². The van der Waals surface area contributed by atoms with E-state index in [2.05, 4.69) is 18.4 Å². The van der Waals surface area contributed by atoms with Gasteiger partial charge in [0.2, 0.25) is 0 Å². The number of hydrogen-bond donors (Lipinski definition) is 1. The Balaban J connectivity index is 3.55. The molecule has 0 aliphatic rings. The van der Waals surface area contributed by atoms with Gasteiger partial charge in [-0.2, -0.15) is 0 Å². The fraction of sp³-hybridized carbons (Fsp3) is 0.500. The predicted molar refractivity (Wildman–Crippen MR) is 43.9 cm³/mol. The molecule has 10 heavy (non-hydrogen) atoms. The first-order chi connectivity index (χ1) is 4.66. The van der Waals surface area contributed by atoms with Crippen molar-refractivity contribution >= 4 is 11.6 Å². The van der Waals surface area contributed by atoms with Crippen molar-refractivity contribution in [3.05, 3.63) is 12.2 Å². The van der Waals surface area contributed by atoms with Crippen LogP contribution in [0, 0.1) is 11.8 Å². The number of alkyl halides is 1. The van der Waals surface area contributed by atoms with E-state index in [1.54, 1.807) is 6.92 Å². The molecule has 0 rings (SSSR count). The summed E-state index contributed by atoms with van der Waals surface area (Å²) in [6, 6.07) is 0. The van der Waals surface area contributed by atoms with Gasteiger partial charge in [0.15, 0.2) is 0 Å². The molecule has 0 fully saturated rings. The van der Waals surface area contributed by atoms with Crippen LogP contribution in [0.1, 0.15) is 13.3 Å². The highest BCUT2D eigenvalue weighted by atomic mass is 35.5. The van der Waals surface area contributed by atoms with Gasteiger partial charge in [-0.1, -0.05) is 24.0 Å². The van der Waals surface area contributed by atoms with Crippen LogP contribution < -0.4 is 0 Å². The molecule has 1 nitrogen and oxygen atoms in total. The molecule has 0 aromatic heterocycles. The number of halogens is 1. The fourth-order valence-electron chi connectivity index (χ4n) is 0.371. The lowest BCUT2D eigenvalue weighted by molar-refractivity contribution is 0.253. The molecule has 0 aliphatic carbocycles. The first-order valence-corrected chi connectivity index (χ1v) is 3.59. The van der Waals surface area contributed by atoms with Gasteiger partial charge in [-0.25, -0.2) is 0 Å². The van der Waals surface area contributed by atoms with Gasteiger partial charge in [0.25, 0.3) is 0 Å². The monoisotopic (exact) mass is 158 g/mol. The molecule has 0 heterocycles. The van der Waals surface area contributed by atoms with E-state index < -0.39 is 6.10 Å². The molecular weight excluding hydrogens is 148 g/mol. The molecule has 0 saturated heterocycles. The Morgan fingerprint density at radius 1 is 1.80 bits per heavy atom. The molecule has 1 atom stereocenters. The summed E-state index contributed by atoms with van der Waals surface area (Å²) in [4.78, 5) is 0. The van der Waals surface area contributed by atoms with Crippen LogP contribution in [0.25, 0.3) is 0 Å². The van der Waals surface area contributed by atoms with Gasteiger partial charge in [-0.05, 0) is 6.92 Å². The van der Waals surface area contributed by atoms with E-state index in [1.165, 1.54) is 0 Å². The van der Waals surface area contributed by atoms with Crippen molar-refractivity contribution in [2.75, 3.05) is 5.88 Å². The zero-order valence-electron chi connectivity index (χ0n) is 6.02. The fourth-order valence-corrected chi connectivity index (χ4v) is 0.465. The Morgan fingerprint density at radius 2 is 2.40 bits per heavy atom. The van der Waals surface area contributed by atoms with E-state index in [0.29, 0.717) is 12.3 Å². The highest BCUT2D eigenvalue weighted by Crippen LogP contribution is 1.97. The van der Waals surface area contributed by atoms with Crippen molar-refractivity contribution in [3.8, 4) is 11.8 Å². The molecule has 0 aliphatic heterocycles. The van der Waals surface area contributed by atoms with Crippen molar-refractivity contribution in [2.45, 2.75) is 19.4 Å². The quantitative estimate of drug-likeness (QED) is 0.367. The second kappa shape index (κ2) is 5.34. The summed E-state index contributed by atoms with van der Waals surface area (Å²) >= 11 is 5.44. The second-order valence-corrected chi connectivity index (χ2v) is 2.32. The van der Waals surface area contributed by atoms with E-state index in [-0.39, 0.29) is 0 Å². The zero-order valence-corrected chi connectivity index (χ0v) is 6.78. The SMILES string of the molecule is C=C(CCl)CC#CC(C)O. The molecule has 1 unspecified atom stereocenters. The zero-order chi connectivity index (χ0) is 7.98. The maximum Gasteiger partial charge on any atom is 0.111 e. The highest BCUT2D eigenvalue weighted by molar-refractivity contribution is 6.19. The Bertz CT molecular complexity index is 162. The van der Waals surface area contributed by atoms with Gasteiger partial charge < -0.3 is 5.11 Å². The molecule has 0 saturated carbocycles. The van der Waals surface area contributed by atoms with Gasteiger partial charge >= 0.3 is 0 Å². The van der Waals surface area contributed by atoms with E-state index in [1.807, 2.05) is 0 Å². The number of hydrogen-bond acceptors (Lipinski definition) is 1. The number of rotatable bonds is 2. The summed E-state index contributed by atoms with van der Waals surface area (Å²) in [5.41, 5.74) is 0.884. The van der Waals surface area contributed by atoms with Gasteiger partial charge in [0.1, 0.15) is 6.10 Å². The third kappa shape index (κ3) is 5.68. The Morgan fingerprint density at radius 3 is 2.80 bits per heavy atom. The summed E-state index contributed by atoms with van der Waals surface area (Å²) in [6.07, 6.45) is 0.0251. The number of allylic oxidation sites excluding steroid dienone is 1. The van der Waals surface area contributed by atoms with Crippen molar-refractivity contribution in [1.29, 1.82) is 0 Å². The lowest BCUT2D eigenvalue weighted by atomic mass is 10.2. The lowest BCUT2D eigenvalue weighted by Gasteiger charge is -1.91. The predicted octanol–water partition coefficient (Wildman–Crippen LogP) is 1.56. The summed E-state index contributed by atoms with van der Waals surface area (Å²) in [5.74, 6) is 5.79. The van der Waals surface area contributed by atoms with Gasteiger partial charge in [-0.3, -0.25) is 0 Å². The van der Waals surface area contributed by atoms with Crippen LogP contribution in [0.3, 0.4) is 0 Å². The highest BCUT2D eigenvalue weighted by Gasteiger charge is 1.86. The Hall–Kier alpha value is -0.450. The molecule has 2 heteroatoms. The molecule has 0 bridgehead atoms. The summed E-state index contributed by atoms with van der Waals surface area (Å²) < 4.78 is 0. The normalized spacial score (nSPS) is 11.5. The standard InChI is InChI=1S/C8H11ClO/c1-7(6-9)4-3-5-8(2)10/h8,10H,1,4,6H2,2H3. The average Bonchev–Trinajstić information content (AvgIpc) is 1.87. The lowest BCUT2D eigenvalue weighted by Crippen LogP contribution is -1.92. The minimum atomic E-state index is -0.553. The first-order valence-electron chi connectivity index (χ1n) is 3.06. The molecule has 0 amide bonds. The molecule has 0 aromatic rings. The number of aliphatic hydroxyl groups is 1. The Kier molecular flexibility index (Phi) is 5.10. The molecule has 1 N–H and O–H groups in total. The number of aliphatic hydroxyl groups excluding tert-OH is 1. The van der Waals surface area contributed by atoms with Crippen LogP contribution in [0.15, 0.2) is 12.2 Å². The van der Waals surface area contributed by atoms with Crippen LogP contribution >= 0.6 is 11.6 Å². The third-order valence-corrected chi connectivity index (χ3v) is 1.22. The molecule has 56 valence electrons. The topological polar surface area (TPSA) is 20.2 Å². The van der Waals surface area contributed by atoms with Crippen LogP contribution in [0.5, 0.6) is 0 Å². The van der Waals surface area contributed by atoms with Crippen LogP contribution in [-0.2, 0) is 0 Å². The van der Waals surface area contributed by atoms with Crippen molar-refractivity contribution in [2.24, 2.45) is 0 Å². The summed E-state index contributed by atoms with van der Waals surface area (Å²) in [5, 5.41) is 8.70. The van der Waals surface area contributed by atoms with E-state index in [0.717, 1.165) is 5.57 Å². The molecular formula is C8H11ClO. The van der Waals surface area contributed by atoms with Crippen LogP contribution in [-0.4, -0.2) is 17.1 Å². The largest absolute Gasteiger partial charge is 0.381 e. The average molecular weight is 159 g/mol. The third-order valence-electron chi connectivity index (χ3n) is 0.838.